The Bertz CT molecular complexity index is 605. The first-order valence-corrected chi connectivity index (χ1v) is 4.74. The summed E-state index contributed by atoms with van der Waals surface area (Å²) >= 11 is 0. The molecular formula is C10H9N3O4. The number of nitro groups is 1. The number of aromatic nitrogens is 1. The third kappa shape index (κ3) is 1.83. The molecule has 0 bridgehead atoms. The molecular weight excluding hydrogens is 226 g/mol. The number of nitrogens with one attached hydrogen (secondary N) is 1. The van der Waals surface area contributed by atoms with Gasteiger partial charge in [-0.15, -0.1) is 0 Å². The lowest BCUT2D eigenvalue weighted by Gasteiger charge is -2.05. The van der Waals surface area contributed by atoms with Crippen molar-refractivity contribution in [2.45, 2.75) is 6.04 Å². The van der Waals surface area contributed by atoms with Gasteiger partial charge in [0.05, 0.1) is 22.0 Å². The Labute approximate surface area is 95.0 Å². The summed E-state index contributed by atoms with van der Waals surface area (Å²) in [6, 6.07) is 3.33. The summed E-state index contributed by atoms with van der Waals surface area (Å²) in [5.41, 5.74) is 6.28. The number of benzene rings is 1. The van der Waals surface area contributed by atoms with Crippen LogP contribution in [-0.4, -0.2) is 21.0 Å². The molecule has 0 radical (unpaired) electrons. The van der Waals surface area contributed by atoms with Crippen molar-refractivity contribution in [2.24, 2.45) is 5.73 Å². The number of carboxylic acids is 1. The molecule has 7 heteroatoms. The molecule has 17 heavy (non-hydrogen) atoms. The van der Waals surface area contributed by atoms with Crippen molar-refractivity contribution < 1.29 is 14.8 Å². The lowest BCUT2D eigenvalue weighted by atomic mass is 10.1. The van der Waals surface area contributed by atoms with Gasteiger partial charge < -0.3 is 15.8 Å². The average Bonchev–Trinajstić information content (AvgIpc) is 2.70. The fourth-order valence-corrected chi connectivity index (χ4v) is 1.62. The highest BCUT2D eigenvalue weighted by molar-refractivity contribution is 5.90. The first kappa shape index (κ1) is 11.1. The SMILES string of the molecule is NC(C(=O)O)c1ccc2c([N+](=O)[O-])c[nH]c2c1. The van der Waals surface area contributed by atoms with Gasteiger partial charge in [-0.1, -0.05) is 6.07 Å². The predicted octanol–water partition coefficient (Wildman–Crippen LogP) is 1.16. The topological polar surface area (TPSA) is 122 Å². The quantitative estimate of drug-likeness (QED) is 0.544. The highest BCUT2D eigenvalue weighted by atomic mass is 16.6. The van der Waals surface area contributed by atoms with E-state index < -0.39 is 16.9 Å². The van der Waals surface area contributed by atoms with Crippen LogP contribution in [-0.2, 0) is 4.79 Å². The zero-order chi connectivity index (χ0) is 12.6. The zero-order valence-electron chi connectivity index (χ0n) is 8.58. The van der Waals surface area contributed by atoms with Gasteiger partial charge in [-0.3, -0.25) is 14.9 Å². The van der Waals surface area contributed by atoms with Crippen LogP contribution in [0.5, 0.6) is 0 Å². The van der Waals surface area contributed by atoms with Crippen molar-refractivity contribution in [3.63, 3.8) is 0 Å². The second-order valence-electron chi connectivity index (χ2n) is 3.55. The predicted molar refractivity (Wildman–Crippen MR) is 59.5 cm³/mol. The number of H-pyrrole nitrogens is 1. The van der Waals surface area contributed by atoms with Crippen molar-refractivity contribution in [3.05, 3.63) is 40.1 Å². The van der Waals surface area contributed by atoms with Gasteiger partial charge in [-0.05, 0) is 17.7 Å². The number of carbonyl (C=O) groups is 1. The molecule has 0 amide bonds. The van der Waals surface area contributed by atoms with E-state index >= 15 is 0 Å². The highest BCUT2D eigenvalue weighted by Gasteiger charge is 2.18. The third-order valence-electron chi connectivity index (χ3n) is 2.51. The molecule has 1 unspecified atom stereocenters. The minimum absolute atomic E-state index is 0.0459. The lowest BCUT2D eigenvalue weighted by molar-refractivity contribution is -0.383. The van der Waals surface area contributed by atoms with Crippen LogP contribution >= 0.6 is 0 Å². The summed E-state index contributed by atoms with van der Waals surface area (Å²) in [5, 5.41) is 19.9. The standard InChI is InChI=1S/C10H9N3O4/c11-9(10(14)15)5-1-2-6-7(3-5)12-4-8(6)13(16)17/h1-4,9,12H,11H2,(H,14,15). The van der Waals surface area contributed by atoms with Gasteiger partial charge in [-0.2, -0.15) is 0 Å². The highest BCUT2D eigenvalue weighted by Crippen LogP contribution is 2.27. The molecule has 7 nitrogen and oxygen atoms in total. The number of aromatic amines is 1. The Balaban J connectivity index is 2.53. The van der Waals surface area contributed by atoms with Crippen LogP contribution in [0.3, 0.4) is 0 Å². The van der Waals surface area contributed by atoms with Crippen molar-refractivity contribution in [1.82, 2.24) is 4.98 Å². The molecule has 2 rings (SSSR count). The molecule has 0 aliphatic carbocycles. The number of carboxylic acid groups (broad SMARTS) is 1. The maximum atomic E-state index is 10.7. The van der Waals surface area contributed by atoms with Crippen molar-refractivity contribution in [2.75, 3.05) is 0 Å². The van der Waals surface area contributed by atoms with Crippen LogP contribution in [0.2, 0.25) is 0 Å². The summed E-state index contributed by atoms with van der Waals surface area (Å²) in [6.45, 7) is 0. The summed E-state index contributed by atoms with van der Waals surface area (Å²) in [5.74, 6) is -1.15. The maximum absolute atomic E-state index is 10.7. The summed E-state index contributed by atoms with van der Waals surface area (Å²) < 4.78 is 0. The van der Waals surface area contributed by atoms with Gasteiger partial charge in [0.1, 0.15) is 6.04 Å². The minimum atomic E-state index is -1.15. The fourth-order valence-electron chi connectivity index (χ4n) is 1.62. The number of hydrogen-bond acceptors (Lipinski definition) is 4. The van der Waals surface area contributed by atoms with Gasteiger partial charge in [0.2, 0.25) is 0 Å². The molecule has 0 aliphatic heterocycles. The summed E-state index contributed by atoms with van der Waals surface area (Å²) in [6.07, 6.45) is 1.26. The molecule has 2 aromatic rings. The van der Waals surface area contributed by atoms with E-state index in [0.717, 1.165) is 0 Å². The Morgan fingerprint density at radius 1 is 1.53 bits per heavy atom. The van der Waals surface area contributed by atoms with Crippen LogP contribution < -0.4 is 5.73 Å². The van der Waals surface area contributed by atoms with Crippen LogP contribution in [0.1, 0.15) is 11.6 Å². The van der Waals surface area contributed by atoms with Gasteiger partial charge in [0.15, 0.2) is 0 Å². The average molecular weight is 235 g/mol. The van der Waals surface area contributed by atoms with Crippen LogP contribution in [0, 0.1) is 10.1 Å². The van der Waals surface area contributed by atoms with Crippen LogP contribution in [0.4, 0.5) is 5.69 Å². The number of rotatable bonds is 3. The monoisotopic (exact) mass is 235 g/mol. The van der Waals surface area contributed by atoms with Crippen molar-refractivity contribution in [3.8, 4) is 0 Å². The summed E-state index contributed by atoms with van der Waals surface area (Å²) in [7, 11) is 0. The van der Waals surface area contributed by atoms with E-state index in [1.54, 1.807) is 0 Å². The first-order chi connectivity index (χ1) is 8.00. The summed E-state index contributed by atoms with van der Waals surface area (Å²) in [4.78, 5) is 23.6. The molecule has 0 aliphatic rings. The smallest absolute Gasteiger partial charge is 0.325 e. The lowest BCUT2D eigenvalue weighted by Crippen LogP contribution is -2.20. The van der Waals surface area contributed by atoms with E-state index in [4.69, 9.17) is 10.8 Å². The second-order valence-corrected chi connectivity index (χ2v) is 3.55. The fraction of sp³-hybridized carbons (Fsp3) is 0.100. The molecule has 1 atom stereocenters. The van der Waals surface area contributed by atoms with E-state index in [1.165, 1.54) is 24.4 Å². The largest absolute Gasteiger partial charge is 0.480 e. The maximum Gasteiger partial charge on any atom is 0.325 e. The van der Waals surface area contributed by atoms with Gasteiger partial charge in [0.25, 0.3) is 5.69 Å². The van der Waals surface area contributed by atoms with Crippen molar-refractivity contribution in [1.29, 1.82) is 0 Å². The van der Waals surface area contributed by atoms with Crippen LogP contribution in [0.25, 0.3) is 10.9 Å². The van der Waals surface area contributed by atoms with E-state index in [-0.39, 0.29) is 5.69 Å². The molecule has 1 heterocycles. The Morgan fingerprint density at radius 3 is 2.82 bits per heavy atom. The van der Waals surface area contributed by atoms with E-state index in [9.17, 15) is 14.9 Å². The molecule has 0 saturated heterocycles. The Morgan fingerprint density at radius 2 is 2.24 bits per heavy atom. The molecule has 0 spiro atoms. The molecule has 1 aromatic carbocycles. The van der Waals surface area contributed by atoms with E-state index in [0.29, 0.717) is 16.5 Å². The normalized spacial score (nSPS) is 12.5. The number of nitrogens with zero attached hydrogens (tertiary/aromatic N) is 1. The molecule has 0 fully saturated rings. The van der Waals surface area contributed by atoms with E-state index in [2.05, 4.69) is 4.98 Å². The Hall–Kier alpha value is -2.41. The molecule has 0 saturated carbocycles. The van der Waals surface area contributed by atoms with E-state index in [1.807, 2.05) is 0 Å². The van der Waals surface area contributed by atoms with Gasteiger partial charge in [0, 0.05) is 0 Å². The second kappa shape index (κ2) is 3.87. The van der Waals surface area contributed by atoms with Gasteiger partial charge in [-0.25, -0.2) is 0 Å². The van der Waals surface area contributed by atoms with Crippen molar-refractivity contribution >= 4 is 22.6 Å². The number of hydrogen-bond donors (Lipinski definition) is 3. The minimum Gasteiger partial charge on any atom is -0.480 e. The zero-order valence-corrected chi connectivity index (χ0v) is 8.58. The number of fused-ring (bicyclic) bond motifs is 1. The molecule has 4 N–H and O–H groups in total. The first-order valence-electron chi connectivity index (χ1n) is 4.74. The molecule has 1 aromatic heterocycles. The Kier molecular flexibility index (Phi) is 2.52. The molecule has 88 valence electrons. The number of aliphatic carboxylic acids is 1. The van der Waals surface area contributed by atoms with Crippen LogP contribution in [0.15, 0.2) is 24.4 Å². The number of nitrogens with two attached hydrogens (primary N) is 1. The van der Waals surface area contributed by atoms with Gasteiger partial charge >= 0.3 is 5.97 Å². The third-order valence-corrected chi connectivity index (χ3v) is 2.51.